The highest BCUT2D eigenvalue weighted by molar-refractivity contribution is 8.13. The van der Waals surface area contributed by atoms with Crippen molar-refractivity contribution in [3.8, 4) is 0 Å². The molecule has 1 unspecified atom stereocenters. The van der Waals surface area contributed by atoms with Crippen LogP contribution < -0.4 is 0 Å². The molecule has 0 N–H and O–H groups in total. The van der Waals surface area contributed by atoms with Crippen LogP contribution in [0.5, 0.6) is 0 Å². The van der Waals surface area contributed by atoms with Crippen LogP contribution in [0.1, 0.15) is 43.0 Å². The van der Waals surface area contributed by atoms with E-state index in [2.05, 4.69) is 62.2 Å². The number of thioether (sulfide) groups is 1. The quantitative estimate of drug-likeness (QED) is 0.478. The lowest BCUT2D eigenvalue weighted by Crippen LogP contribution is -2.44. The molecule has 0 bridgehead atoms. The van der Waals surface area contributed by atoms with Gasteiger partial charge in [0.15, 0.2) is 5.17 Å². The summed E-state index contributed by atoms with van der Waals surface area (Å²) in [7, 11) is 0. The third kappa shape index (κ3) is 4.38. The Morgan fingerprint density at radius 3 is 2.27 bits per heavy atom. The Kier molecular flexibility index (Phi) is 5.67. The summed E-state index contributed by atoms with van der Waals surface area (Å²) in [5, 5.41) is 0.833. The Hall–Kier alpha value is -3.18. The van der Waals surface area contributed by atoms with Gasteiger partial charge in [0.2, 0.25) is 0 Å². The van der Waals surface area contributed by atoms with Gasteiger partial charge in [-0.05, 0) is 34.2 Å². The van der Waals surface area contributed by atoms with E-state index < -0.39 is 0 Å². The number of amidine groups is 2. The summed E-state index contributed by atoms with van der Waals surface area (Å²) in [6.07, 6.45) is 0.606. The van der Waals surface area contributed by atoms with Gasteiger partial charge in [0.05, 0.1) is 5.69 Å². The molecule has 2 aliphatic heterocycles. The van der Waals surface area contributed by atoms with Crippen LogP contribution in [-0.4, -0.2) is 27.9 Å². The lowest BCUT2D eigenvalue weighted by Gasteiger charge is -2.31. The molecule has 2 aliphatic rings. The van der Waals surface area contributed by atoms with Gasteiger partial charge in [0.1, 0.15) is 11.9 Å². The van der Waals surface area contributed by atoms with Crippen LogP contribution in [-0.2, 0) is 22.4 Å². The maximum atomic E-state index is 13.0. The van der Waals surface area contributed by atoms with Gasteiger partial charge >= 0.3 is 0 Å². The third-order valence-corrected chi connectivity index (χ3v) is 7.09. The first-order chi connectivity index (χ1) is 15.9. The monoisotopic (exact) mass is 453 g/mol. The zero-order valence-corrected chi connectivity index (χ0v) is 20.0. The van der Waals surface area contributed by atoms with Crippen molar-refractivity contribution in [1.29, 1.82) is 0 Å². The number of hydrogen-bond acceptors (Lipinski definition) is 4. The largest absolute Gasteiger partial charge is 0.292 e. The van der Waals surface area contributed by atoms with Gasteiger partial charge < -0.3 is 0 Å². The van der Waals surface area contributed by atoms with Gasteiger partial charge in [-0.15, -0.1) is 0 Å². The zero-order valence-electron chi connectivity index (χ0n) is 19.2. The van der Waals surface area contributed by atoms with Crippen molar-refractivity contribution in [1.82, 2.24) is 4.90 Å². The molecule has 0 radical (unpaired) electrons. The molecule has 1 amide bonds. The lowest BCUT2D eigenvalue weighted by molar-refractivity contribution is -0.119. The number of amides is 1. The van der Waals surface area contributed by atoms with Crippen molar-refractivity contribution in [3.05, 3.63) is 101 Å². The highest BCUT2D eigenvalue weighted by atomic mass is 32.2. The summed E-state index contributed by atoms with van der Waals surface area (Å²) in [6, 6.07) is 26.5. The zero-order chi connectivity index (χ0) is 23.0. The lowest BCUT2D eigenvalue weighted by atomic mass is 9.87. The highest BCUT2D eigenvalue weighted by Gasteiger charge is 2.41. The Labute approximate surface area is 199 Å². The average molecular weight is 454 g/mol. The van der Waals surface area contributed by atoms with E-state index in [0.29, 0.717) is 6.42 Å². The molecule has 0 fully saturated rings. The summed E-state index contributed by atoms with van der Waals surface area (Å²) in [6.45, 7) is 6.68. The van der Waals surface area contributed by atoms with Gasteiger partial charge in [-0.2, -0.15) is 4.99 Å². The topological polar surface area (TPSA) is 45.0 Å². The predicted molar refractivity (Wildman–Crippen MR) is 137 cm³/mol. The first kappa shape index (κ1) is 21.7. The normalized spacial score (nSPS) is 17.4. The van der Waals surface area contributed by atoms with Crippen LogP contribution in [0, 0.1) is 0 Å². The van der Waals surface area contributed by atoms with Crippen molar-refractivity contribution in [2.75, 3.05) is 0 Å². The third-order valence-electron chi connectivity index (χ3n) is 6.07. The minimum absolute atomic E-state index is 0.103. The fraction of sp³-hybridized carbons (Fsp3) is 0.250. The Morgan fingerprint density at radius 2 is 1.55 bits per heavy atom. The molecule has 1 atom stereocenters. The molecule has 3 aromatic rings. The number of benzene rings is 3. The van der Waals surface area contributed by atoms with Crippen LogP contribution >= 0.6 is 11.8 Å². The molecule has 0 saturated carbocycles. The minimum atomic E-state index is -0.370. The number of carbonyl (C=O) groups is 1. The Bertz CT molecular complexity index is 1240. The van der Waals surface area contributed by atoms with E-state index in [9.17, 15) is 4.79 Å². The van der Waals surface area contributed by atoms with Gasteiger partial charge in [0, 0.05) is 17.7 Å². The molecule has 5 rings (SSSR count). The fourth-order valence-corrected chi connectivity index (χ4v) is 5.19. The van der Waals surface area contributed by atoms with Crippen LogP contribution in [0.4, 0.5) is 5.69 Å². The summed E-state index contributed by atoms with van der Waals surface area (Å²) >= 11 is 1.66. The van der Waals surface area contributed by atoms with Crippen molar-refractivity contribution in [2.24, 2.45) is 9.98 Å². The number of aliphatic imine (C=N–C) groups is 2. The summed E-state index contributed by atoms with van der Waals surface area (Å²) in [5.74, 6) is 1.40. The number of para-hydroxylation sites is 1. The first-order valence-corrected chi connectivity index (χ1v) is 12.2. The molecule has 0 aliphatic carbocycles. The maximum Gasteiger partial charge on any atom is 0.271 e. The number of hydrogen-bond donors (Lipinski definition) is 0. The highest BCUT2D eigenvalue weighted by Crippen LogP contribution is 2.36. The van der Waals surface area contributed by atoms with Crippen LogP contribution in [0.2, 0.25) is 0 Å². The van der Waals surface area contributed by atoms with E-state index in [4.69, 9.17) is 4.99 Å². The molecule has 5 heteroatoms. The van der Waals surface area contributed by atoms with Crippen LogP contribution in [0.15, 0.2) is 88.8 Å². The molecule has 33 heavy (non-hydrogen) atoms. The molecule has 0 aromatic heterocycles. The summed E-state index contributed by atoms with van der Waals surface area (Å²) < 4.78 is 0. The predicted octanol–water partition coefficient (Wildman–Crippen LogP) is 6.12. The van der Waals surface area contributed by atoms with Crippen molar-refractivity contribution in [3.63, 3.8) is 0 Å². The Morgan fingerprint density at radius 1 is 0.848 bits per heavy atom. The minimum Gasteiger partial charge on any atom is -0.292 e. The molecule has 0 saturated heterocycles. The number of nitrogens with zero attached hydrogens (tertiary/aromatic N) is 3. The van der Waals surface area contributed by atoms with E-state index in [1.165, 1.54) is 11.1 Å². The average Bonchev–Trinajstić information content (AvgIpc) is 3.14. The smallest absolute Gasteiger partial charge is 0.271 e. The van der Waals surface area contributed by atoms with E-state index in [1.54, 1.807) is 11.8 Å². The SMILES string of the molecule is CC(C)(C)c1ccc(CSC2=Nc3ccccc3C3=NC(=O)C(Cc4ccccc4)N23)cc1. The van der Waals surface area contributed by atoms with Gasteiger partial charge in [-0.1, -0.05) is 99.3 Å². The van der Waals surface area contributed by atoms with Crippen LogP contribution in [0.3, 0.4) is 0 Å². The molecule has 2 heterocycles. The molecule has 3 aromatic carbocycles. The fourth-order valence-electron chi connectivity index (χ4n) is 4.19. The molecular weight excluding hydrogens is 426 g/mol. The number of rotatable bonds is 4. The van der Waals surface area contributed by atoms with E-state index in [1.807, 2.05) is 47.4 Å². The van der Waals surface area contributed by atoms with Gasteiger partial charge in [0.25, 0.3) is 5.91 Å². The molecular formula is C28H27N3OS. The number of carbonyl (C=O) groups excluding carboxylic acids is 1. The van der Waals surface area contributed by atoms with Crippen molar-refractivity contribution >= 4 is 34.4 Å². The maximum absolute atomic E-state index is 13.0. The van der Waals surface area contributed by atoms with Crippen LogP contribution in [0.25, 0.3) is 0 Å². The second kappa shape index (κ2) is 8.64. The standard InChI is InChI=1S/C28H27N3OS/c1-28(2,3)21-15-13-20(14-16-21)18-33-27-29-23-12-8-7-11-22(23)25-30-26(32)24(31(25)27)17-19-9-5-4-6-10-19/h4-16,24H,17-18H2,1-3H3. The molecule has 166 valence electrons. The second-order valence-corrected chi connectivity index (χ2v) is 10.4. The number of fused-ring (bicyclic) bond motifs is 3. The van der Waals surface area contributed by atoms with E-state index in [-0.39, 0.29) is 17.4 Å². The Balaban J connectivity index is 1.44. The van der Waals surface area contributed by atoms with E-state index in [0.717, 1.165) is 33.6 Å². The molecule has 4 nitrogen and oxygen atoms in total. The van der Waals surface area contributed by atoms with E-state index >= 15 is 0 Å². The summed E-state index contributed by atoms with van der Waals surface area (Å²) in [4.78, 5) is 24.5. The summed E-state index contributed by atoms with van der Waals surface area (Å²) in [5.41, 5.74) is 5.59. The van der Waals surface area contributed by atoms with Crippen molar-refractivity contribution < 1.29 is 4.79 Å². The van der Waals surface area contributed by atoms with Gasteiger partial charge in [-0.3, -0.25) is 9.69 Å². The van der Waals surface area contributed by atoms with Crippen molar-refractivity contribution in [2.45, 2.75) is 44.4 Å². The molecule has 0 spiro atoms. The first-order valence-electron chi connectivity index (χ1n) is 11.3. The van der Waals surface area contributed by atoms with Gasteiger partial charge in [-0.25, -0.2) is 4.99 Å². The second-order valence-electron chi connectivity index (χ2n) is 9.50.